The lowest BCUT2D eigenvalue weighted by Crippen LogP contribution is -2.38. The minimum atomic E-state index is -5.42. The molecule has 0 radical (unpaired) electrons. The predicted octanol–water partition coefficient (Wildman–Crippen LogP) is 4.56. The first-order valence-electron chi connectivity index (χ1n) is 7.23. The highest BCUT2D eigenvalue weighted by atomic mass is 32.2. The molecule has 1 aromatic heterocycles. The molecule has 0 bridgehead atoms. The second-order valence-corrected chi connectivity index (χ2v) is 11.8. The summed E-state index contributed by atoms with van der Waals surface area (Å²) in [5, 5.41) is 0. The molecule has 0 aromatic carbocycles. The van der Waals surface area contributed by atoms with Crippen molar-refractivity contribution in [1.29, 1.82) is 0 Å². The normalized spacial score (nSPS) is 12.5. The molecular formula is C14H24F3NO3SSi. The number of nitrogens with zero attached hydrogens (tertiary/aromatic N) is 1. The molecule has 0 aliphatic heterocycles. The van der Waals surface area contributed by atoms with Gasteiger partial charge in [0.05, 0.1) is 0 Å². The Morgan fingerprint density at radius 2 is 1.65 bits per heavy atom. The summed E-state index contributed by atoms with van der Waals surface area (Å²) in [6.45, 7) is 8.79. The molecule has 0 N–H and O–H groups in total. The van der Waals surface area contributed by atoms with Gasteiger partial charge in [0.25, 0.3) is 0 Å². The first-order chi connectivity index (χ1) is 10.3. The molecule has 9 heteroatoms. The van der Waals surface area contributed by atoms with Gasteiger partial charge in [0.1, 0.15) is 0 Å². The van der Waals surface area contributed by atoms with Gasteiger partial charge in [-0.2, -0.15) is 21.6 Å². The molecule has 4 nitrogen and oxygen atoms in total. The van der Waals surface area contributed by atoms with Crippen LogP contribution >= 0.6 is 0 Å². The van der Waals surface area contributed by atoms with E-state index in [1.165, 1.54) is 13.1 Å². The van der Waals surface area contributed by atoms with Crippen LogP contribution in [0.25, 0.3) is 0 Å². The van der Waals surface area contributed by atoms with Crippen LogP contribution in [0.4, 0.5) is 13.2 Å². The molecule has 0 saturated heterocycles. The molecule has 0 aliphatic carbocycles. The largest absolute Gasteiger partial charge is 0.522 e. The highest BCUT2D eigenvalue weighted by Gasteiger charge is 2.50. The molecule has 1 rings (SSSR count). The summed E-state index contributed by atoms with van der Waals surface area (Å²) in [5.74, 6) is 0. The van der Waals surface area contributed by atoms with Crippen LogP contribution in [-0.2, 0) is 14.0 Å². The second-order valence-electron chi connectivity index (χ2n) is 5.77. The molecule has 1 aromatic rings. The lowest BCUT2D eigenvalue weighted by atomic mass is 10.3. The fourth-order valence-corrected chi connectivity index (χ4v) is 5.96. The Balaban J connectivity index is 0.000000502. The number of aryl methyl sites for hydroxylation is 2. The van der Waals surface area contributed by atoms with Crippen LogP contribution in [-0.4, -0.2) is 27.2 Å². The van der Waals surface area contributed by atoms with Gasteiger partial charge in [-0.15, -0.1) is 0 Å². The standard InChI is InChI=1S/C7H15F3O3SSi.C7H9N/c1-4-5-6-15(2,3)13-14(11,12)7(8,9)10;1-6-4-3-5-7(2)8-6/h4-6H2,1-3H3;3-5H,1-2H3. The topological polar surface area (TPSA) is 56.3 Å². The summed E-state index contributed by atoms with van der Waals surface area (Å²) in [7, 11) is -8.20. The van der Waals surface area contributed by atoms with E-state index in [4.69, 9.17) is 0 Å². The second kappa shape index (κ2) is 8.79. The van der Waals surface area contributed by atoms with Crippen LogP contribution in [0.3, 0.4) is 0 Å². The van der Waals surface area contributed by atoms with Crippen molar-refractivity contribution < 1.29 is 25.5 Å². The number of hydrogen-bond acceptors (Lipinski definition) is 4. The molecule has 0 fully saturated rings. The molecule has 0 atom stereocenters. The van der Waals surface area contributed by atoms with Gasteiger partial charge >= 0.3 is 15.6 Å². The SMILES string of the molecule is CCCC[Si](C)(C)OS(=O)(=O)C(F)(F)F.Cc1cccc(C)n1. The van der Waals surface area contributed by atoms with Gasteiger partial charge in [-0.25, -0.2) is 0 Å². The van der Waals surface area contributed by atoms with Crippen LogP contribution in [0.15, 0.2) is 18.2 Å². The number of hydrogen-bond donors (Lipinski definition) is 0. The van der Waals surface area contributed by atoms with Gasteiger partial charge in [0, 0.05) is 11.4 Å². The average Bonchev–Trinajstić information content (AvgIpc) is 2.34. The molecule has 0 spiro atoms. The number of pyridine rings is 1. The molecule has 0 aliphatic rings. The summed E-state index contributed by atoms with van der Waals surface area (Å²) in [5.41, 5.74) is -3.14. The Labute approximate surface area is 137 Å². The Morgan fingerprint density at radius 1 is 1.17 bits per heavy atom. The molecular weight excluding hydrogens is 347 g/mol. The van der Waals surface area contributed by atoms with E-state index in [1.54, 1.807) is 0 Å². The summed E-state index contributed by atoms with van der Waals surface area (Å²) in [6.07, 6.45) is 1.47. The van der Waals surface area contributed by atoms with Gasteiger partial charge in [-0.05, 0) is 45.1 Å². The van der Waals surface area contributed by atoms with E-state index in [1.807, 2.05) is 39.0 Å². The van der Waals surface area contributed by atoms with E-state index in [9.17, 15) is 21.6 Å². The highest BCUT2D eigenvalue weighted by Crippen LogP contribution is 2.29. The van der Waals surface area contributed by atoms with Crippen molar-refractivity contribution >= 4 is 18.4 Å². The van der Waals surface area contributed by atoms with Crippen LogP contribution in [0.5, 0.6) is 0 Å². The Kier molecular flexibility index (Phi) is 8.43. The number of halogens is 3. The van der Waals surface area contributed by atoms with E-state index >= 15 is 0 Å². The number of alkyl halides is 3. The van der Waals surface area contributed by atoms with Gasteiger partial charge in [0.2, 0.25) is 8.32 Å². The Morgan fingerprint density at radius 3 is 1.96 bits per heavy atom. The van der Waals surface area contributed by atoms with Crippen molar-refractivity contribution in [3.05, 3.63) is 29.6 Å². The van der Waals surface area contributed by atoms with Gasteiger partial charge < -0.3 is 3.87 Å². The fourth-order valence-electron chi connectivity index (χ4n) is 1.67. The molecule has 0 amide bonds. The van der Waals surface area contributed by atoms with Crippen molar-refractivity contribution in [1.82, 2.24) is 4.98 Å². The van der Waals surface area contributed by atoms with Gasteiger partial charge in [0.15, 0.2) is 0 Å². The lowest BCUT2D eigenvalue weighted by Gasteiger charge is -2.22. The third kappa shape index (κ3) is 9.06. The van der Waals surface area contributed by atoms with Gasteiger partial charge in [-0.1, -0.05) is 25.8 Å². The van der Waals surface area contributed by atoms with Crippen molar-refractivity contribution in [2.45, 2.75) is 58.3 Å². The number of aromatic nitrogens is 1. The summed E-state index contributed by atoms with van der Waals surface area (Å²) in [4.78, 5) is 4.17. The third-order valence-corrected chi connectivity index (χ3v) is 7.59. The quantitative estimate of drug-likeness (QED) is 0.562. The maximum Gasteiger partial charge on any atom is 0.522 e. The van der Waals surface area contributed by atoms with Crippen molar-refractivity contribution in [3.8, 4) is 0 Å². The predicted molar refractivity (Wildman–Crippen MR) is 87.0 cm³/mol. The van der Waals surface area contributed by atoms with Crippen molar-refractivity contribution in [2.75, 3.05) is 0 Å². The molecule has 0 saturated carbocycles. The average molecular weight is 371 g/mol. The van der Waals surface area contributed by atoms with E-state index in [0.29, 0.717) is 12.5 Å². The first kappa shape index (κ1) is 22.1. The summed E-state index contributed by atoms with van der Waals surface area (Å²) in [6, 6.07) is 6.40. The molecule has 0 unspecified atom stereocenters. The van der Waals surface area contributed by atoms with E-state index < -0.39 is 23.9 Å². The third-order valence-electron chi connectivity index (χ3n) is 2.78. The van der Waals surface area contributed by atoms with Crippen molar-refractivity contribution in [2.24, 2.45) is 0 Å². The lowest BCUT2D eigenvalue weighted by molar-refractivity contribution is -0.0503. The monoisotopic (exact) mass is 371 g/mol. The molecule has 1 heterocycles. The highest BCUT2D eigenvalue weighted by molar-refractivity contribution is 7.88. The summed E-state index contributed by atoms with van der Waals surface area (Å²) < 4.78 is 61.7. The number of unbranched alkanes of at least 4 members (excludes halogenated alkanes) is 1. The first-order valence-corrected chi connectivity index (χ1v) is 11.8. The Hall–Kier alpha value is -0.933. The van der Waals surface area contributed by atoms with Crippen LogP contribution in [0.2, 0.25) is 19.1 Å². The zero-order valence-electron chi connectivity index (χ0n) is 14.1. The minimum absolute atomic E-state index is 0.402. The van der Waals surface area contributed by atoms with E-state index in [0.717, 1.165) is 17.8 Å². The number of rotatable bonds is 5. The Bertz CT molecular complexity index is 572. The molecule has 134 valence electrons. The zero-order chi connectivity index (χ0) is 18.3. The molecule has 23 heavy (non-hydrogen) atoms. The fraction of sp³-hybridized carbons (Fsp3) is 0.643. The minimum Gasteiger partial charge on any atom is -0.308 e. The van der Waals surface area contributed by atoms with Crippen molar-refractivity contribution in [3.63, 3.8) is 0 Å². The maximum atomic E-state index is 12.0. The van der Waals surface area contributed by atoms with Crippen LogP contribution in [0.1, 0.15) is 31.2 Å². The van der Waals surface area contributed by atoms with E-state index in [2.05, 4.69) is 8.86 Å². The van der Waals surface area contributed by atoms with Gasteiger partial charge in [-0.3, -0.25) is 4.98 Å². The smallest absolute Gasteiger partial charge is 0.308 e. The van der Waals surface area contributed by atoms with E-state index in [-0.39, 0.29) is 0 Å². The summed E-state index contributed by atoms with van der Waals surface area (Å²) >= 11 is 0. The maximum absolute atomic E-state index is 12.0. The van der Waals surface area contributed by atoms with Crippen LogP contribution < -0.4 is 0 Å². The zero-order valence-corrected chi connectivity index (χ0v) is 15.9. The van der Waals surface area contributed by atoms with Crippen LogP contribution in [0, 0.1) is 13.8 Å².